The van der Waals surface area contributed by atoms with Gasteiger partial charge in [-0.1, -0.05) is 18.2 Å². The van der Waals surface area contributed by atoms with Crippen molar-refractivity contribution in [1.29, 1.82) is 0 Å². The fourth-order valence-electron chi connectivity index (χ4n) is 11.1. The van der Waals surface area contributed by atoms with Gasteiger partial charge in [0.1, 0.15) is 11.9 Å². The van der Waals surface area contributed by atoms with Crippen molar-refractivity contribution in [2.24, 2.45) is 5.92 Å². The lowest BCUT2D eigenvalue weighted by atomic mass is 9.50. The molecule has 9 atom stereocenters. The normalized spacial score (nSPS) is 40.2. The Balaban J connectivity index is 0.986. The quantitative estimate of drug-likeness (QED) is 0.389. The van der Waals surface area contributed by atoms with Gasteiger partial charge in [0.05, 0.1) is 18.1 Å². The molecule has 3 unspecified atom stereocenters. The average molecular weight is 627 g/mol. The highest BCUT2D eigenvalue weighted by atomic mass is 16.7. The molecule has 2 saturated heterocycles. The molecule has 10 nitrogen and oxygen atoms in total. The van der Waals surface area contributed by atoms with E-state index in [0.717, 1.165) is 42.6 Å². The number of rotatable bonds is 3. The Morgan fingerprint density at radius 2 is 1.78 bits per heavy atom. The lowest BCUT2D eigenvalue weighted by molar-refractivity contribution is -0.164. The lowest BCUT2D eigenvalue weighted by Crippen LogP contribution is -2.74. The molecule has 2 N–H and O–H groups in total. The molecule has 4 heterocycles. The zero-order valence-electron chi connectivity index (χ0n) is 26.2. The molecule has 2 spiro atoms. The molecular formula is C36H38N2O8. The van der Waals surface area contributed by atoms with E-state index in [1.165, 1.54) is 5.56 Å². The van der Waals surface area contributed by atoms with Crippen LogP contribution in [0.15, 0.2) is 48.3 Å². The summed E-state index contributed by atoms with van der Waals surface area (Å²) in [5, 5.41) is 23.3. The summed E-state index contributed by atoms with van der Waals surface area (Å²) in [5.41, 5.74) is 2.10. The number of hydrogen-bond acceptors (Lipinski definition) is 10. The highest BCUT2D eigenvalue weighted by Crippen LogP contribution is 2.66. The highest BCUT2D eigenvalue weighted by Gasteiger charge is 2.72. The first kappa shape index (κ1) is 27.4. The van der Waals surface area contributed by atoms with Gasteiger partial charge in [-0.15, -0.1) is 0 Å². The van der Waals surface area contributed by atoms with Gasteiger partial charge in [0.2, 0.25) is 0 Å². The van der Waals surface area contributed by atoms with E-state index in [-0.39, 0.29) is 17.7 Å². The number of aromatic hydroxyl groups is 1. The van der Waals surface area contributed by atoms with E-state index in [1.54, 1.807) is 19.3 Å². The molecule has 2 aromatic carbocycles. The van der Waals surface area contributed by atoms with Gasteiger partial charge >= 0.3 is 6.16 Å². The minimum absolute atomic E-state index is 0.0974. The van der Waals surface area contributed by atoms with E-state index in [0.29, 0.717) is 48.3 Å². The fraction of sp³-hybridized carbons (Fsp3) is 0.528. The number of hydrogen-bond donors (Lipinski definition) is 2. The van der Waals surface area contributed by atoms with E-state index in [9.17, 15) is 15.0 Å². The topological polar surface area (TPSA) is 110 Å². The zero-order valence-corrected chi connectivity index (χ0v) is 26.2. The van der Waals surface area contributed by atoms with Gasteiger partial charge in [-0.2, -0.15) is 0 Å². The number of phenols is 1. The maximum atomic E-state index is 13.8. The number of benzene rings is 2. The molecule has 10 heteroatoms. The number of piperidine rings is 2. The third kappa shape index (κ3) is 2.98. The van der Waals surface area contributed by atoms with E-state index >= 15 is 0 Å². The second kappa shape index (κ2) is 8.79. The molecule has 8 aliphatic rings. The molecule has 2 fully saturated rings. The van der Waals surface area contributed by atoms with Gasteiger partial charge in [0.25, 0.3) is 0 Å². The second-order valence-corrected chi connectivity index (χ2v) is 14.7. The number of ether oxygens (including phenoxy) is 5. The summed E-state index contributed by atoms with van der Waals surface area (Å²) in [6.07, 6.45) is 6.59. The molecular weight excluding hydrogens is 588 g/mol. The van der Waals surface area contributed by atoms with Crippen molar-refractivity contribution >= 4 is 6.16 Å². The van der Waals surface area contributed by atoms with Crippen molar-refractivity contribution < 1.29 is 38.7 Å². The van der Waals surface area contributed by atoms with Crippen molar-refractivity contribution in [2.45, 2.75) is 78.9 Å². The van der Waals surface area contributed by atoms with Crippen LogP contribution in [0.1, 0.15) is 41.5 Å². The Morgan fingerprint density at radius 3 is 2.63 bits per heavy atom. The molecule has 0 saturated carbocycles. The molecule has 0 aromatic heterocycles. The number of aliphatic hydroxyl groups is 1. The number of likely N-dealkylation sites (N-methyl/N-ethyl adjacent to an activating group) is 2. The Labute approximate surface area is 267 Å². The fourth-order valence-corrected chi connectivity index (χ4v) is 11.1. The van der Waals surface area contributed by atoms with Crippen LogP contribution in [0.2, 0.25) is 0 Å². The summed E-state index contributed by atoms with van der Waals surface area (Å²) in [6.45, 7) is 1.67. The SMILES string of the molecule is COc1ccc2c3c1O[C@H]1C(OC(=O)O[C@H]4C=CC5C6Cc7ccc(O)c8c7[C@@]5(CCN6C)[C@H]4O8)=CC[C@@]4(O)C(C2)N(C)CC[C@]314. The van der Waals surface area contributed by atoms with Crippen LogP contribution in [0.25, 0.3) is 0 Å². The minimum Gasteiger partial charge on any atom is -0.504 e. The Hall–Kier alpha value is -3.73. The van der Waals surface area contributed by atoms with Crippen molar-refractivity contribution in [2.75, 3.05) is 34.3 Å². The first-order valence-corrected chi connectivity index (χ1v) is 16.5. The molecule has 2 aromatic rings. The van der Waals surface area contributed by atoms with Crippen LogP contribution in [-0.2, 0) is 33.1 Å². The van der Waals surface area contributed by atoms with E-state index in [1.807, 2.05) is 18.2 Å². The van der Waals surface area contributed by atoms with Gasteiger partial charge in [-0.05, 0) is 88.3 Å². The van der Waals surface area contributed by atoms with Gasteiger partial charge in [0.15, 0.2) is 35.2 Å². The van der Waals surface area contributed by atoms with E-state index in [4.69, 9.17) is 23.7 Å². The standard InChI is InChI=1S/C36H38N2O8/c1-37-14-12-34-20-6-9-24(31(34)45-29-22(39)7-4-18(27(29)34)16-21(20)37)43-33(40)44-25-10-11-36(41)26-17-19-5-8-23(42-3)30-28(19)35(36,32(25)46-30)13-15-38(26)2/h4-10,20-21,24,26,31-32,39,41H,11-17H2,1-3H3/t20?,21?,24-,26?,31-,32-,34-,35-,36+/m0/s1. The first-order chi connectivity index (χ1) is 22.2. The molecule has 10 rings (SSSR count). The van der Waals surface area contributed by atoms with Crippen LogP contribution >= 0.6 is 0 Å². The second-order valence-electron chi connectivity index (χ2n) is 14.7. The third-order valence-corrected chi connectivity index (χ3v) is 13.1. The van der Waals surface area contributed by atoms with E-state index in [2.05, 4.69) is 36.0 Å². The van der Waals surface area contributed by atoms with Gasteiger partial charge in [0, 0.05) is 41.0 Å². The lowest BCUT2D eigenvalue weighted by Gasteiger charge is -2.61. The number of carbonyl (C=O) groups is 1. The highest BCUT2D eigenvalue weighted by molar-refractivity contribution is 5.68. The number of carbonyl (C=O) groups excluding carboxylic acids is 1. The molecule has 0 amide bonds. The van der Waals surface area contributed by atoms with Crippen LogP contribution in [-0.4, -0.2) is 96.5 Å². The predicted molar refractivity (Wildman–Crippen MR) is 164 cm³/mol. The summed E-state index contributed by atoms with van der Waals surface area (Å²) >= 11 is 0. The number of methoxy groups -OCH3 is 1. The molecule has 4 bridgehead atoms. The molecule has 4 aliphatic heterocycles. The monoisotopic (exact) mass is 626 g/mol. The summed E-state index contributed by atoms with van der Waals surface area (Å²) in [6, 6.07) is 7.93. The van der Waals surface area contributed by atoms with Crippen molar-refractivity contribution in [3.8, 4) is 23.0 Å². The van der Waals surface area contributed by atoms with Crippen LogP contribution in [0.3, 0.4) is 0 Å². The van der Waals surface area contributed by atoms with Crippen molar-refractivity contribution in [3.63, 3.8) is 0 Å². The van der Waals surface area contributed by atoms with Crippen molar-refractivity contribution in [3.05, 3.63) is 70.5 Å². The zero-order chi connectivity index (χ0) is 31.3. The van der Waals surface area contributed by atoms with Crippen LogP contribution in [0.4, 0.5) is 4.79 Å². The van der Waals surface area contributed by atoms with E-state index < -0.39 is 40.9 Å². The summed E-state index contributed by atoms with van der Waals surface area (Å²) < 4.78 is 31.1. The predicted octanol–water partition coefficient (Wildman–Crippen LogP) is 3.35. The number of nitrogens with zero attached hydrogens (tertiary/aromatic N) is 2. The first-order valence-electron chi connectivity index (χ1n) is 16.5. The summed E-state index contributed by atoms with van der Waals surface area (Å²) in [5.74, 6) is 2.40. The van der Waals surface area contributed by atoms with Gasteiger partial charge < -0.3 is 43.7 Å². The maximum Gasteiger partial charge on any atom is 0.514 e. The molecule has 46 heavy (non-hydrogen) atoms. The largest absolute Gasteiger partial charge is 0.514 e. The number of phenolic OH excluding ortho intramolecular Hbond substituents is 1. The Kier molecular flexibility index (Phi) is 5.23. The molecule has 240 valence electrons. The van der Waals surface area contributed by atoms with Crippen molar-refractivity contribution in [1.82, 2.24) is 9.80 Å². The van der Waals surface area contributed by atoms with Crippen LogP contribution in [0, 0.1) is 5.92 Å². The minimum atomic E-state index is -1.10. The number of likely N-dealkylation sites (tertiary alicyclic amines) is 2. The van der Waals surface area contributed by atoms with Gasteiger partial charge in [-0.25, -0.2) is 4.79 Å². The summed E-state index contributed by atoms with van der Waals surface area (Å²) in [4.78, 5) is 18.4. The molecule has 4 aliphatic carbocycles. The van der Waals surface area contributed by atoms with Crippen LogP contribution in [0.5, 0.6) is 23.0 Å². The Bertz CT molecular complexity index is 1790. The van der Waals surface area contributed by atoms with Gasteiger partial charge in [-0.3, -0.25) is 0 Å². The smallest absolute Gasteiger partial charge is 0.504 e. The molecule has 0 radical (unpaired) electrons. The maximum absolute atomic E-state index is 13.8. The van der Waals surface area contributed by atoms with Crippen LogP contribution < -0.4 is 14.2 Å². The Morgan fingerprint density at radius 1 is 0.978 bits per heavy atom. The summed E-state index contributed by atoms with van der Waals surface area (Å²) in [7, 11) is 5.85. The average Bonchev–Trinajstić information content (AvgIpc) is 3.58. The third-order valence-electron chi connectivity index (χ3n) is 13.1.